The number of carbonyl (C=O) groups excluding carboxylic acids is 2. The summed E-state index contributed by atoms with van der Waals surface area (Å²) in [5.74, 6) is -1.16. The predicted octanol–water partition coefficient (Wildman–Crippen LogP) is 2.56. The number of rotatable bonds is 8. The van der Waals surface area contributed by atoms with Crippen LogP contribution in [-0.2, 0) is 0 Å². The summed E-state index contributed by atoms with van der Waals surface area (Å²) in [6.45, 7) is 0. The van der Waals surface area contributed by atoms with E-state index >= 15 is 0 Å². The van der Waals surface area contributed by atoms with E-state index in [2.05, 4.69) is 31.7 Å². The molecule has 13 heteroatoms. The Morgan fingerprint density at radius 2 is 1.38 bits per heavy atom. The molecular formula is C19H16ClN7O5. The average Bonchev–Trinajstić information content (AvgIpc) is 2.81. The number of anilines is 2. The van der Waals surface area contributed by atoms with E-state index < -0.39 is 22.4 Å². The summed E-state index contributed by atoms with van der Waals surface area (Å²) < 4.78 is 5.02. The van der Waals surface area contributed by atoms with Crippen molar-refractivity contribution >= 4 is 40.7 Å². The lowest BCUT2D eigenvalue weighted by Crippen LogP contribution is -2.32. The SMILES string of the molecule is COc1ccc(C(=O)NNc2ncnc(NNC(=O)c3ccc(Cl)cc3)c2[N+](=O)[O-])cc1. The Hall–Kier alpha value is -4.45. The van der Waals surface area contributed by atoms with Crippen molar-refractivity contribution in [3.8, 4) is 5.75 Å². The highest BCUT2D eigenvalue weighted by Crippen LogP contribution is 2.27. The first-order chi connectivity index (χ1) is 15.4. The number of nitro groups is 1. The molecular weight excluding hydrogens is 442 g/mol. The third kappa shape index (κ3) is 5.37. The molecule has 0 saturated carbocycles. The number of nitrogens with zero attached hydrogens (tertiary/aromatic N) is 3. The van der Waals surface area contributed by atoms with Gasteiger partial charge in [-0.1, -0.05) is 11.6 Å². The molecule has 0 atom stereocenters. The Morgan fingerprint density at radius 3 is 1.81 bits per heavy atom. The van der Waals surface area contributed by atoms with Gasteiger partial charge in [-0.15, -0.1) is 0 Å². The third-order valence-corrected chi connectivity index (χ3v) is 4.30. The summed E-state index contributed by atoms with van der Waals surface area (Å²) in [6, 6.07) is 12.2. The molecule has 4 N–H and O–H groups in total. The smallest absolute Gasteiger partial charge is 0.356 e. The maximum absolute atomic E-state index is 12.3. The normalized spacial score (nSPS) is 10.1. The minimum atomic E-state index is -0.765. The van der Waals surface area contributed by atoms with Crippen LogP contribution in [0.2, 0.25) is 5.02 Å². The molecule has 0 aliphatic heterocycles. The molecule has 2 aromatic carbocycles. The standard InChI is InChI=1S/C19H16ClN7O5/c1-32-14-8-4-12(5-9-14)19(29)26-24-17-15(27(30)31)16(21-10-22-17)23-25-18(28)11-2-6-13(20)7-3-11/h2-10H,1H3,(H,25,28)(H,26,29)(H2,21,22,23,24). The Kier molecular flexibility index (Phi) is 6.98. The minimum absolute atomic E-state index is 0.267. The Morgan fingerprint density at radius 1 is 0.906 bits per heavy atom. The van der Waals surface area contributed by atoms with E-state index in [1.165, 1.54) is 43.5 Å². The molecule has 0 aliphatic rings. The van der Waals surface area contributed by atoms with Crippen LogP contribution in [0.5, 0.6) is 5.75 Å². The first-order valence-corrected chi connectivity index (χ1v) is 9.28. The summed E-state index contributed by atoms with van der Waals surface area (Å²) in [6.07, 6.45) is 1.02. The molecule has 0 spiro atoms. The molecule has 32 heavy (non-hydrogen) atoms. The van der Waals surface area contributed by atoms with Gasteiger partial charge in [0.15, 0.2) is 0 Å². The van der Waals surface area contributed by atoms with Crippen molar-refractivity contribution in [2.45, 2.75) is 0 Å². The number of methoxy groups -OCH3 is 1. The van der Waals surface area contributed by atoms with Crippen molar-refractivity contribution in [2.75, 3.05) is 18.0 Å². The van der Waals surface area contributed by atoms with E-state index in [0.29, 0.717) is 10.8 Å². The van der Waals surface area contributed by atoms with Gasteiger partial charge in [-0.3, -0.25) is 41.4 Å². The lowest BCUT2D eigenvalue weighted by atomic mass is 10.2. The van der Waals surface area contributed by atoms with Crippen LogP contribution in [-0.4, -0.2) is 33.8 Å². The van der Waals surface area contributed by atoms with Gasteiger partial charge in [0.2, 0.25) is 11.6 Å². The number of hydrogen-bond acceptors (Lipinski definition) is 9. The minimum Gasteiger partial charge on any atom is -0.497 e. The summed E-state index contributed by atoms with van der Waals surface area (Å²) >= 11 is 5.79. The fourth-order valence-electron chi connectivity index (χ4n) is 2.45. The van der Waals surface area contributed by atoms with Crippen molar-refractivity contribution in [1.82, 2.24) is 20.8 Å². The van der Waals surface area contributed by atoms with Gasteiger partial charge in [0.25, 0.3) is 11.8 Å². The molecule has 12 nitrogen and oxygen atoms in total. The average molecular weight is 458 g/mol. The van der Waals surface area contributed by atoms with Crippen LogP contribution in [0.1, 0.15) is 20.7 Å². The summed E-state index contributed by atoms with van der Waals surface area (Å²) in [7, 11) is 1.49. The number of nitrogens with one attached hydrogen (secondary N) is 4. The van der Waals surface area contributed by atoms with E-state index in [0.717, 1.165) is 6.33 Å². The van der Waals surface area contributed by atoms with Crippen LogP contribution >= 0.6 is 11.6 Å². The van der Waals surface area contributed by atoms with Crippen molar-refractivity contribution < 1.29 is 19.2 Å². The first-order valence-electron chi connectivity index (χ1n) is 8.90. The summed E-state index contributed by atoms with van der Waals surface area (Å²) in [5, 5.41) is 12.0. The molecule has 0 unspecified atom stereocenters. The number of halogens is 1. The molecule has 0 bridgehead atoms. The number of benzene rings is 2. The zero-order valence-corrected chi connectivity index (χ0v) is 17.2. The van der Waals surface area contributed by atoms with Crippen LogP contribution in [0.15, 0.2) is 54.9 Å². The van der Waals surface area contributed by atoms with Gasteiger partial charge in [-0.05, 0) is 48.5 Å². The van der Waals surface area contributed by atoms with E-state index in [4.69, 9.17) is 16.3 Å². The molecule has 164 valence electrons. The molecule has 0 saturated heterocycles. The van der Waals surface area contributed by atoms with E-state index in [9.17, 15) is 19.7 Å². The number of ether oxygens (including phenoxy) is 1. The van der Waals surface area contributed by atoms with Gasteiger partial charge < -0.3 is 4.74 Å². The molecule has 0 fully saturated rings. The molecule has 0 radical (unpaired) electrons. The van der Waals surface area contributed by atoms with Crippen molar-refractivity contribution in [2.24, 2.45) is 0 Å². The molecule has 3 aromatic rings. The van der Waals surface area contributed by atoms with Crippen LogP contribution in [0.25, 0.3) is 0 Å². The zero-order chi connectivity index (χ0) is 23.1. The van der Waals surface area contributed by atoms with Gasteiger partial charge in [-0.2, -0.15) is 0 Å². The molecule has 1 aromatic heterocycles. The largest absolute Gasteiger partial charge is 0.497 e. The Balaban J connectivity index is 1.71. The van der Waals surface area contributed by atoms with E-state index in [1.54, 1.807) is 12.1 Å². The predicted molar refractivity (Wildman–Crippen MR) is 115 cm³/mol. The molecule has 3 rings (SSSR count). The van der Waals surface area contributed by atoms with Crippen molar-refractivity contribution in [3.05, 3.63) is 81.1 Å². The van der Waals surface area contributed by atoms with Crippen LogP contribution in [0.4, 0.5) is 17.3 Å². The van der Waals surface area contributed by atoms with Gasteiger partial charge in [0.1, 0.15) is 12.1 Å². The van der Waals surface area contributed by atoms with Gasteiger partial charge in [0.05, 0.1) is 12.0 Å². The third-order valence-electron chi connectivity index (χ3n) is 4.05. The highest BCUT2D eigenvalue weighted by Gasteiger charge is 2.24. The topological polar surface area (TPSA) is 160 Å². The van der Waals surface area contributed by atoms with Gasteiger partial charge >= 0.3 is 5.69 Å². The zero-order valence-electron chi connectivity index (χ0n) is 16.5. The number of aromatic nitrogens is 2. The fraction of sp³-hybridized carbons (Fsp3) is 0.0526. The number of hydrazine groups is 2. The lowest BCUT2D eigenvalue weighted by Gasteiger charge is -2.11. The second-order valence-electron chi connectivity index (χ2n) is 6.07. The second-order valence-corrected chi connectivity index (χ2v) is 6.51. The molecule has 1 heterocycles. The fourth-order valence-corrected chi connectivity index (χ4v) is 2.58. The van der Waals surface area contributed by atoms with Crippen molar-refractivity contribution in [1.29, 1.82) is 0 Å². The highest BCUT2D eigenvalue weighted by atomic mass is 35.5. The van der Waals surface area contributed by atoms with Crippen molar-refractivity contribution in [3.63, 3.8) is 0 Å². The molecule has 2 amide bonds. The monoisotopic (exact) mass is 457 g/mol. The molecule has 0 aliphatic carbocycles. The maximum Gasteiger partial charge on any atom is 0.356 e. The van der Waals surface area contributed by atoms with Crippen LogP contribution in [0.3, 0.4) is 0 Å². The quantitative estimate of drug-likeness (QED) is 0.294. The first kappa shape index (κ1) is 22.2. The Labute approximate surface area is 186 Å². The van der Waals surface area contributed by atoms with Gasteiger partial charge in [-0.25, -0.2) is 9.97 Å². The second kappa shape index (κ2) is 10.0. The van der Waals surface area contributed by atoms with Crippen LogP contribution < -0.4 is 26.4 Å². The Bertz CT molecular complexity index is 1140. The maximum atomic E-state index is 12.3. The number of hydrogen-bond donors (Lipinski definition) is 4. The van der Waals surface area contributed by atoms with E-state index in [-0.39, 0.29) is 22.8 Å². The van der Waals surface area contributed by atoms with Gasteiger partial charge in [0, 0.05) is 16.1 Å². The summed E-state index contributed by atoms with van der Waals surface area (Å²) in [4.78, 5) is 42.8. The highest BCUT2D eigenvalue weighted by molar-refractivity contribution is 6.30. The van der Waals surface area contributed by atoms with E-state index in [1.807, 2.05) is 0 Å². The lowest BCUT2D eigenvalue weighted by molar-refractivity contribution is -0.383. The summed E-state index contributed by atoms with van der Waals surface area (Å²) in [5.41, 5.74) is 9.36. The number of amides is 2. The number of carbonyl (C=O) groups is 2. The van der Waals surface area contributed by atoms with Crippen LogP contribution in [0, 0.1) is 10.1 Å².